The summed E-state index contributed by atoms with van der Waals surface area (Å²) in [7, 11) is 0. The zero-order valence-corrected chi connectivity index (χ0v) is 14.4. The van der Waals surface area contributed by atoms with Gasteiger partial charge in [-0.25, -0.2) is 4.79 Å². The standard InChI is InChI=1S/C17H23F3O5/c1-4-16(3,24-10-12-8-6-5-7-9-12)13(22)14(17(18,19)20)25-15(23)11(2)21/h5-8,11-12,14,21H,4,9-10H2,1-3H3. The quantitative estimate of drug-likeness (QED) is 0.671. The van der Waals surface area contributed by atoms with Crippen LogP contribution in [0.1, 0.15) is 33.6 Å². The summed E-state index contributed by atoms with van der Waals surface area (Å²) < 4.78 is 49.3. The van der Waals surface area contributed by atoms with E-state index in [1.165, 1.54) is 13.8 Å². The molecule has 5 nitrogen and oxygen atoms in total. The Morgan fingerprint density at radius 1 is 1.32 bits per heavy atom. The maximum atomic E-state index is 13.2. The van der Waals surface area contributed by atoms with Crippen LogP contribution in [-0.2, 0) is 19.1 Å². The summed E-state index contributed by atoms with van der Waals surface area (Å²) in [5, 5.41) is 9.05. The molecule has 1 aliphatic rings. The van der Waals surface area contributed by atoms with Crippen molar-refractivity contribution < 1.29 is 37.3 Å². The molecule has 4 atom stereocenters. The minimum Gasteiger partial charge on any atom is -0.442 e. The van der Waals surface area contributed by atoms with Crippen molar-refractivity contribution in [2.45, 2.75) is 57.6 Å². The van der Waals surface area contributed by atoms with Gasteiger partial charge in [0.05, 0.1) is 6.61 Å². The van der Waals surface area contributed by atoms with Crippen LogP contribution in [0.2, 0.25) is 0 Å². The molecule has 1 aliphatic carbocycles. The summed E-state index contributed by atoms with van der Waals surface area (Å²) >= 11 is 0. The van der Waals surface area contributed by atoms with Gasteiger partial charge in [0.15, 0.2) is 0 Å². The van der Waals surface area contributed by atoms with E-state index in [0.29, 0.717) is 6.42 Å². The third-order valence-electron chi connectivity index (χ3n) is 3.99. The second kappa shape index (κ2) is 8.62. The van der Waals surface area contributed by atoms with Gasteiger partial charge in [-0.3, -0.25) is 4.79 Å². The minimum atomic E-state index is -5.10. The first kappa shape index (κ1) is 21.4. The highest BCUT2D eigenvalue weighted by Gasteiger charge is 2.54. The lowest BCUT2D eigenvalue weighted by atomic mass is 9.92. The first-order valence-corrected chi connectivity index (χ1v) is 7.98. The van der Waals surface area contributed by atoms with Gasteiger partial charge >= 0.3 is 12.1 Å². The van der Waals surface area contributed by atoms with Gasteiger partial charge in [-0.15, -0.1) is 0 Å². The zero-order chi connectivity index (χ0) is 19.3. The number of aliphatic hydroxyl groups excluding tert-OH is 1. The zero-order valence-electron chi connectivity index (χ0n) is 14.4. The first-order chi connectivity index (χ1) is 11.5. The van der Waals surface area contributed by atoms with Crippen molar-refractivity contribution in [1.82, 2.24) is 0 Å². The molecule has 8 heteroatoms. The van der Waals surface area contributed by atoms with Gasteiger partial charge in [0.1, 0.15) is 11.7 Å². The number of hydrogen-bond donors (Lipinski definition) is 1. The number of carbonyl (C=O) groups excluding carboxylic acids is 2. The number of alkyl halides is 3. The van der Waals surface area contributed by atoms with Crippen LogP contribution in [0.25, 0.3) is 0 Å². The number of carbonyl (C=O) groups is 2. The molecule has 0 fully saturated rings. The average Bonchev–Trinajstić information content (AvgIpc) is 2.56. The van der Waals surface area contributed by atoms with Crippen LogP contribution < -0.4 is 0 Å². The number of esters is 1. The maximum Gasteiger partial charge on any atom is 0.432 e. The van der Waals surface area contributed by atoms with Crippen LogP contribution in [0.3, 0.4) is 0 Å². The van der Waals surface area contributed by atoms with E-state index in [-0.39, 0.29) is 18.9 Å². The number of ether oxygens (including phenoxy) is 2. The molecule has 4 unspecified atom stereocenters. The summed E-state index contributed by atoms with van der Waals surface area (Å²) in [4.78, 5) is 23.8. The molecule has 0 bridgehead atoms. The van der Waals surface area contributed by atoms with E-state index >= 15 is 0 Å². The Balaban J connectivity index is 2.90. The van der Waals surface area contributed by atoms with Crippen molar-refractivity contribution in [1.29, 1.82) is 0 Å². The predicted molar refractivity (Wildman–Crippen MR) is 83.7 cm³/mol. The number of aliphatic hydroxyl groups is 1. The molecule has 0 saturated carbocycles. The number of ketones is 1. The topological polar surface area (TPSA) is 72.8 Å². The Labute approximate surface area is 144 Å². The van der Waals surface area contributed by atoms with Crippen LogP contribution in [-0.4, -0.2) is 47.5 Å². The molecule has 0 aromatic rings. The molecule has 0 aliphatic heterocycles. The lowest BCUT2D eigenvalue weighted by Gasteiger charge is -2.32. The molecule has 0 aromatic carbocycles. The molecular formula is C17H23F3O5. The summed E-state index contributed by atoms with van der Waals surface area (Å²) in [5.74, 6) is -2.96. The Morgan fingerprint density at radius 2 is 1.96 bits per heavy atom. The monoisotopic (exact) mass is 364 g/mol. The molecule has 0 amide bonds. The SMILES string of the molecule is CCC(C)(OCC1C=CC=CC1)C(=O)C(OC(=O)C(C)O)C(F)(F)F. The lowest BCUT2D eigenvalue weighted by Crippen LogP contribution is -2.53. The average molecular weight is 364 g/mol. The van der Waals surface area contributed by atoms with E-state index in [9.17, 15) is 22.8 Å². The van der Waals surface area contributed by atoms with Crippen LogP contribution in [0.15, 0.2) is 24.3 Å². The molecule has 1 rings (SSSR count). The van der Waals surface area contributed by atoms with Gasteiger partial charge in [0.25, 0.3) is 6.10 Å². The van der Waals surface area contributed by atoms with Gasteiger partial charge in [0.2, 0.25) is 5.78 Å². The van der Waals surface area contributed by atoms with Gasteiger partial charge in [-0.05, 0) is 26.7 Å². The number of halogens is 3. The second-order valence-corrected chi connectivity index (χ2v) is 6.10. The summed E-state index contributed by atoms with van der Waals surface area (Å²) in [6.07, 6.45) is -1.86. The molecular weight excluding hydrogens is 341 g/mol. The third-order valence-corrected chi connectivity index (χ3v) is 3.99. The fraction of sp³-hybridized carbons (Fsp3) is 0.647. The summed E-state index contributed by atoms with van der Waals surface area (Å²) in [5.41, 5.74) is -1.77. The second-order valence-electron chi connectivity index (χ2n) is 6.10. The molecule has 0 radical (unpaired) electrons. The molecule has 1 N–H and O–H groups in total. The van der Waals surface area contributed by atoms with E-state index in [1.807, 2.05) is 18.2 Å². The fourth-order valence-electron chi connectivity index (χ4n) is 2.15. The predicted octanol–water partition coefficient (Wildman–Crippen LogP) is 2.73. The van der Waals surface area contributed by atoms with Gasteiger partial charge in [-0.1, -0.05) is 31.2 Å². The molecule has 0 heterocycles. The van der Waals surface area contributed by atoms with Gasteiger partial charge < -0.3 is 14.6 Å². The van der Waals surface area contributed by atoms with Crippen molar-refractivity contribution in [3.05, 3.63) is 24.3 Å². The number of hydrogen-bond acceptors (Lipinski definition) is 5. The van der Waals surface area contributed by atoms with E-state index in [4.69, 9.17) is 9.84 Å². The van der Waals surface area contributed by atoms with E-state index in [0.717, 1.165) is 6.92 Å². The molecule has 25 heavy (non-hydrogen) atoms. The van der Waals surface area contributed by atoms with Crippen molar-refractivity contribution in [3.63, 3.8) is 0 Å². The number of allylic oxidation sites excluding steroid dienone is 3. The molecule has 142 valence electrons. The molecule has 0 spiro atoms. The highest BCUT2D eigenvalue weighted by atomic mass is 19.4. The van der Waals surface area contributed by atoms with E-state index in [2.05, 4.69) is 4.74 Å². The van der Waals surface area contributed by atoms with Crippen LogP contribution in [0.4, 0.5) is 13.2 Å². The van der Waals surface area contributed by atoms with Crippen molar-refractivity contribution in [2.75, 3.05) is 6.61 Å². The van der Waals surface area contributed by atoms with Crippen molar-refractivity contribution in [2.24, 2.45) is 5.92 Å². The highest BCUT2D eigenvalue weighted by Crippen LogP contribution is 2.31. The lowest BCUT2D eigenvalue weighted by molar-refractivity contribution is -0.229. The maximum absolute atomic E-state index is 13.2. The molecule has 0 saturated heterocycles. The Hall–Kier alpha value is -1.67. The van der Waals surface area contributed by atoms with Crippen LogP contribution in [0.5, 0.6) is 0 Å². The smallest absolute Gasteiger partial charge is 0.432 e. The Bertz CT molecular complexity index is 539. The summed E-state index contributed by atoms with van der Waals surface area (Å²) in [6.45, 7) is 3.77. The summed E-state index contributed by atoms with van der Waals surface area (Å²) in [6, 6.07) is 0. The van der Waals surface area contributed by atoms with Crippen molar-refractivity contribution in [3.8, 4) is 0 Å². The largest absolute Gasteiger partial charge is 0.442 e. The Morgan fingerprint density at radius 3 is 2.40 bits per heavy atom. The first-order valence-electron chi connectivity index (χ1n) is 7.98. The van der Waals surface area contributed by atoms with Gasteiger partial charge in [-0.2, -0.15) is 13.2 Å². The number of Topliss-reactive ketones (excluding diaryl/α,β-unsaturated/α-hetero) is 1. The van der Waals surface area contributed by atoms with Crippen LogP contribution >= 0.6 is 0 Å². The van der Waals surface area contributed by atoms with E-state index in [1.54, 1.807) is 6.08 Å². The molecule has 0 aromatic heterocycles. The van der Waals surface area contributed by atoms with Crippen LogP contribution in [0, 0.1) is 5.92 Å². The fourth-order valence-corrected chi connectivity index (χ4v) is 2.15. The third kappa shape index (κ3) is 5.97. The van der Waals surface area contributed by atoms with E-state index < -0.39 is 35.7 Å². The normalized spacial score (nSPS) is 22.1. The van der Waals surface area contributed by atoms with Gasteiger partial charge in [0, 0.05) is 5.92 Å². The highest BCUT2D eigenvalue weighted by molar-refractivity contribution is 5.93. The minimum absolute atomic E-state index is 0.0308. The van der Waals surface area contributed by atoms with Crippen molar-refractivity contribution >= 4 is 11.8 Å². The Kier molecular flexibility index (Phi) is 7.37. The number of rotatable bonds is 8.